The molecule has 15 nitrogen and oxygen atoms in total. The molecule has 53 heavy (non-hydrogen) atoms. The highest BCUT2D eigenvalue weighted by Crippen LogP contribution is 2.26. The number of halogens is 2. The maximum absolute atomic E-state index is 13.6. The summed E-state index contributed by atoms with van der Waals surface area (Å²) in [5.74, 6) is -0.793. The zero-order valence-electron chi connectivity index (χ0n) is 29.6. The first-order valence-corrected chi connectivity index (χ1v) is 17.0. The van der Waals surface area contributed by atoms with E-state index in [1.807, 2.05) is 0 Å². The third kappa shape index (κ3) is 9.68. The molecule has 0 atom stereocenters. The number of nitrogens with two attached hydrogens (primary N) is 2. The quantitative estimate of drug-likeness (QED) is 0.148. The van der Waals surface area contributed by atoms with Crippen LogP contribution in [-0.4, -0.2) is 94.8 Å². The lowest BCUT2D eigenvalue weighted by Crippen LogP contribution is -2.41. The van der Waals surface area contributed by atoms with Crippen LogP contribution in [0.25, 0.3) is 0 Å². The number of hydrogen-bond acceptors (Lipinski definition) is 14. The first kappa shape index (κ1) is 38.3. The zero-order chi connectivity index (χ0) is 38.1. The monoisotopic (exact) mass is 732 g/mol. The number of carbonyl (C=O) groups is 3. The van der Waals surface area contributed by atoms with Crippen LogP contribution in [0.15, 0.2) is 48.8 Å². The summed E-state index contributed by atoms with van der Waals surface area (Å²) in [6, 6.07) is 7.79. The van der Waals surface area contributed by atoms with E-state index in [2.05, 4.69) is 35.9 Å². The number of nitrogens with zero attached hydrogens (tertiary/aromatic N) is 5. The number of aromatic nitrogens is 4. The number of nitrogens with one attached hydrogen (secondary N) is 3. The number of benzene rings is 2. The van der Waals surface area contributed by atoms with Gasteiger partial charge in [-0.1, -0.05) is 0 Å². The molecule has 4 heterocycles. The third-order valence-corrected chi connectivity index (χ3v) is 8.88. The Morgan fingerprint density at radius 2 is 1.17 bits per heavy atom. The highest BCUT2D eigenvalue weighted by atomic mass is 19.1. The molecule has 2 aliphatic rings. The molecular formula is C36H42F2N10O5. The standard InChI is InChI=1S/C19H22FN5O3.C17H20FN5O2/c1-11(26)25-7-5-13(6-8-25)23-19-22-10-15(18(21)24-19)17(27)14-9-12(20)3-4-16(14)28-2;1-25-14-3-2-10(18)8-12(14)15(24)13-9-21-17(23-16(13)19)22-11-4-6-20-7-5-11/h3-4,9-10,13H,5-8H2,1-2H3,(H3,21,22,23,24);2-3,8-9,11,20H,4-7H2,1H3,(H3,19,21,22,23). The predicted octanol–water partition coefficient (Wildman–Crippen LogP) is 3.46. The molecule has 0 bridgehead atoms. The van der Waals surface area contributed by atoms with Gasteiger partial charge in [0.2, 0.25) is 29.4 Å². The second-order valence-electron chi connectivity index (χ2n) is 12.4. The summed E-state index contributed by atoms with van der Waals surface area (Å²) < 4.78 is 37.3. The number of methoxy groups -OCH3 is 2. The fraction of sp³-hybridized carbons (Fsp3) is 0.361. The van der Waals surface area contributed by atoms with Gasteiger partial charge in [0.05, 0.1) is 36.5 Å². The Kier molecular flexibility index (Phi) is 12.6. The van der Waals surface area contributed by atoms with Gasteiger partial charge >= 0.3 is 0 Å². The number of hydrogen-bond donors (Lipinski definition) is 5. The van der Waals surface area contributed by atoms with E-state index < -0.39 is 23.2 Å². The first-order valence-electron chi connectivity index (χ1n) is 17.0. The Morgan fingerprint density at radius 3 is 1.57 bits per heavy atom. The summed E-state index contributed by atoms with van der Waals surface area (Å²) in [7, 11) is 2.81. The third-order valence-electron chi connectivity index (χ3n) is 8.88. The van der Waals surface area contributed by atoms with Gasteiger partial charge in [-0.25, -0.2) is 18.7 Å². The molecule has 280 valence electrons. The molecule has 2 aliphatic heterocycles. The van der Waals surface area contributed by atoms with Gasteiger partial charge < -0.3 is 41.8 Å². The minimum atomic E-state index is -0.557. The van der Waals surface area contributed by atoms with E-state index in [4.69, 9.17) is 20.9 Å². The summed E-state index contributed by atoms with van der Waals surface area (Å²) in [5, 5.41) is 9.68. The molecule has 2 saturated heterocycles. The van der Waals surface area contributed by atoms with Crippen LogP contribution in [-0.2, 0) is 4.79 Å². The molecule has 2 fully saturated rings. The van der Waals surface area contributed by atoms with Gasteiger partial charge in [0.15, 0.2) is 0 Å². The molecule has 2 aromatic heterocycles. The Balaban J connectivity index is 0.000000206. The molecule has 4 aromatic rings. The van der Waals surface area contributed by atoms with Gasteiger partial charge in [-0.3, -0.25) is 14.4 Å². The molecule has 1 amide bonds. The van der Waals surface area contributed by atoms with Crippen molar-refractivity contribution < 1.29 is 32.6 Å². The molecule has 0 radical (unpaired) electrons. The molecule has 2 aromatic carbocycles. The minimum Gasteiger partial charge on any atom is -0.496 e. The fourth-order valence-electron chi connectivity index (χ4n) is 5.95. The van der Waals surface area contributed by atoms with Crippen LogP contribution in [0.3, 0.4) is 0 Å². The first-order chi connectivity index (χ1) is 25.5. The number of nitrogen functional groups attached to an aromatic ring is 2. The predicted molar refractivity (Wildman–Crippen MR) is 194 cm³/mol. The van der Waals surface area contributed by atoms with Crippen molar-refractivity contribution in [3.8, 4) is 11.5 Å². The zero-order valence-corrected chi connectivity index (χ0v) is 29.6. The average molecular weight is 733 g/mol. The van der Waals surface area contributed by atoms with Gasteiger partial charge in [-0.05, 0) is 75.2 Å². The van der Waals surface area contributed by atoms with Crippen molar-refractivity contribution >= 4 is 41.0 Å². The van der Waals surface area contributed by atoms with Crippen molar-refractivity contribution in [3.63, 3.8) is 0 Å². The smallest absolute Gasteiger partial charge is 0.224 e. The Bertz CT molecular complexity index is 1950. The summed E-state index contributed by atoms with van der Waals surface area (Å²) in [6.07, 6.45) is 6.14. The topological polar surface area (TPSA) is 213 Å². The van der Waals surface area contributed by atoms with E-state index in [1.165, 1.54) is 50.9 Å². The largest absolute Gasteiger partial charge is 0.496 e. The lowest BCUT2D eigenvalue weighted by Gasteiger charge is -2.31. The lowest BCUT2D eigenvalue weighted by molar-refractivity contribution is -0.129. The summed E-state index contributed by atoms with van der Waals surface area (Å²) in [5.41, 5.74) is 12.2. The van der Waals surface area contributed by atoms with Gasteiger partial charge in [-0.15, -0.1) is 0 Å². The highest BCUT2D eigenvalue weighted by Gasteiger charge is 2.24. The Morgan fingerprint density at radius 1 is 0.736 bits per heavy atom. The molecule has 0 unspecified atom stereocenters. The second-order valence-corrected chi connectivity index (χ2v) is 12.4. The maximum atomic E-state index is 13.6. The molecule has 0 saturated carbocycles. The van der Waals surface area contributed by atoms with Gasteiger partial charge in [0.1, 0.15) is 34.8 Å². The van der Waals surface area contributed by atoms with Crippen molar-refractivity contribution in [1.29, 1.82) is 0 Å². The number of anilines is 4. The number of ketones is 2. The molecular weight excluding hydrogens is 690 g/mol. The Hall–Kier alpha value is -5.97. The van der Waals surface area contributed by atoms with Crippen molar-refractivity contribution in [2.24, 2.45) is 0 Å². The fourth-order valence-corrected chi connectivity index (χ4v) is 5.95. The number of ether oxygens (including phenoxy) is 2. The number of carbonyl (C=O) groups excluding carboxylic acids is 3. The second kappa shape index (κ2) is 17.5. The molecule has 7 N–H and O–H groups in total. The summed E-state index contributed by atoms with van der Waals surface area (Å²) in [6.45, 7) is 4.75. The highest BCUT2D eigenvalue weighted by molar-refractivity contribution is 6.13. The van der Waals surface area contributed by atoms with Crippen LogP contribution >= 0.6 is 0 Å². The van der Waals surface area contributed by atoms with Crippen LogP contribution < -0.4 is 36.9 Å². The van der Waals surface area contributed by atoms with E-state index in [0.717, 1.165) is 50.9 Å². The maximum Gasteiger partial charge on any atom is 0.224 e. The SMILES string of the molecule is COc1ccc(F)cc1C(=O)c1cnc(NC2CCN(C(C)=O)CC2)nc1N.COc1ccc(F)cc1C(=O)c1cnc(NC2CCNCC2)nc1N. The number of piperidine rings is 2. The van der Waals surface area contributed by atoms with E-state index in [0.29, 0.717) is 25.0 Å². The van der Waals surface area contributed by atoms with Crippen LogP contribution in [0, 0.1) is 11.6 Å². The van der Waals surface area contributed by atoms with Crippen molar-refractivity contribution in [2.75, 3.05) is 62.5 Å². The van der Waals surface area contributed by atoms with Gasteiger partial charge in [0, 0.05) is 44.5 Å². The minimum absolute atomic E-state index is 0.00464. The summed E-state index contributed by atoms with van der Waals surface area (Å²) >= 11 is 0. The van der Waals surface area contributed by atoms with Crippen LogP contribution in [0.5, 0.6) is 11.5 Å². The van der Waals surface area contributed by atoms with Crippen LogP contribution in [0.2, 0.25) is 0 Å². The van der Waals surface area contributed by atoms with E-state index in [1.54, 1.807) is 11.8 Å². The Labute approximate surface area is 304 Å². The van der Waals surface area contributed by atoms with E-state index in [-0.39, 0.29) is 63.4 Å². The van der Waals surface area contributed by atoms with E-state index in [9.17, 15) is 23.2 Å². The van der Waals surface area contributed by atoms with Crippen LogP contribution in [0.1, 0.15) is 64.4 Å². The van der Waals surface area contributed by atoms with Gasteiger partial charge in [0.25, 0.3) is 0 Å². The van der Waals surface area contributed by atoms with E-state index >= 15 is 0 Å². The average Bonchev–Trinajstić information content (AvgIpc) is 3.15. The lowest BCUT2D eigenvalue weighted by atomic mass is 10.0. The number of amides is 1. The van der Waals surface area contributed by atoms with Gasteiger partial charge in [-0.2, -0.15) is 9.97 Å². The molecule has 6 rings (SSSR count). The van der Waals surface area contributed by atoms with Crippen molar-refractivity contribution in [3.05, 3.63) is 82.7 Å². The number of rotatable bonds is 10. The van der Waals surface area contributed by atoms with Crippen molar-refractivity contribution in [2.45, 2.75) is 44.7 Å². The molecule has 0 spiro atoms. The van der Waals surface area contributed by atoms with Crippen molar-refractivity contribution in [1.82, 2.24) is 30.2 Å². The molecule has 17 heteroatoms. The summed E-state index contributed by atoms with van der Waals surface area (Å²) in [4.78, 5) is 55.3. The van der Waals surface area contributed by atoms with Crippen LogP contribution in [0.4, 0.5) is 32.3 Å². The molecule has 0 aliphatic carbocycles. The number of likely N-dealkylation sites (tertiary alicyclic amines) is 1. The normalized spacial score (nSPS) is 14.8.